The molecular formula is C19H31N3O3. The van der Waals surface area contributed by atoms with Gasteiger partial charge in [-0.2, -0.15) is 0 Å². The maximum Gasteiger partial charge on any atom is 0.317 e. The van der Waals surface area contributed by atoms with Crippen LogP contribution in [0.25, 0.3) is 0 Å². The molecule has 1 aromatic carbocycles. The highest BCUT2D eigenvalue weighted by atomic mass is 16.5. The van der Waals surface area contributed by atoms with Gasteiger partial charge in [0.1, 0.15) is 5.75 Å². The van der Waals surface area contributed by atoms with Crippen LogP contribution in [0.4, 0.5) is 4.79 Å². The van der Waals surface area contributed by atoms with Crippen molar-refractivity contribution in [3.63, 3.8) is 0 Å². The van der Waals surface area contributed by atoms with Gasteiger partial charge in [0, 0.05) is 39.3 Å². The quantitative estimate of drug-likeness (QED) is 0.743. The highest BCUT2D eigenvalue weighted by molar-refractivity contribution is 5.74. The molecule has 1 heterocycles. The van der Waals surface area contributed by atoms with Crippen LogP contribution in [0.5, 0.6) is 5.75 Å². The summed E-state index contributed by atoms with van der Waals surface area (Å²) >= 11 is 0. The highest BCUT2D eigenvalue weighted by Crippen LogP contribution is 2.14. The van der Waals surface area contributed by atoms with Gasteiger partial charge in [0.05, 0.1) is 19.8 Å². The highest BCUT2D eigenvalue weighted by Gasteiger charge is 2.15. The first-order valence-corrected chi connectivity index (χ1v) is 9.27. The Morgan fingerprint density at radius 1 is 1.24 bits per heavy atom. The number of nitrogens with zero attached hydrogens (tertiary/aromatic N) is 2. The molecule has 0 atom stereocenters. The Hall–Kier alpha value is -1.79. The number of ether oxygens (including phenoxy) is 2. The average molecular weight is 349 g/mol. The summed E-state index contributed by atoms with van der Waals surface area (Å²) in [4.78, 5) is 16.6. The summed E-state index contributed by atoms with van der Waals surface area (Å²) < 4.78 is 10.9. The fraction of sp³-hybridized carbons (Fsp3) is 0.632. The Bertz CT molecular complexity index is 501. The lowest BCUT2D eigenvalue weighted by Crippen LogP contribution is -2.42. The first-order chi connectivity index (χ1) is 12.2. The molecule has 0 bridgehead atoms. The largest absolute Gasteiger partial charge is 0.494 e. The minimum absolute atomic E-state index is 0.00152. The van der Waals surface area contributed by atoms with Crippen LogP contribution in [0.3, 0.4) is 0 Å². The number of morpholine rings is 1. The minimum atomic E-state index is -0.00152. The van der Waals surface area contributed by atoms with Gasteiger partial charge in [0.15, 0.2) is 0 Å². The van der Waals surface area contributed by atoms with Crippen molar-refractivity contribution in [1.29, 1.82) is 0 Å². The zero-order chi connectivity index (χ0) is 17.9. The van der Waals surface area contributed by atoms with Crippen LogP contribution in [0.15, 0.2) is 24.3 Å². The van der Waals surface area contributed by atoms with Crippen LogP contribution < -0.4 is 10.1 Å². The number of hydrogen-bond donors (Lipinski definition) is 1. The van der Waals surface area contributed by atoms with Crippen LogP contribution in [0, 0.1) is 0 Å². The first-order valence-electron chi connectivity index (χ1n) is 9.27. The van der Waals surface area contributed by atoms with E-state index in [1.54, 1.807) is 0 Å². The van der Waals surface area contributed by atoms with E-state index in [1.807, 2.05) is 43.0 Å². The second-order valence-corrected chi connectivity index (χ2v) is 6.14. The Morgan fingerprint density at radius 2 is 1.96 bits per heavy atom. The minimum Gasteiger partial charge on any atom is -0.494 e. The van der Waals surface area contributed by atoms with Crippen molar-refractivity contribution in [3.8, 4) is 5.75 Å². The third kappa shape index (κ3) is 6.92. The van der Waals surface area contributed by atoms with E-state index < -0.39 is 0 Å². The predicted octanol–water partition coefficient (Wildman–Crippen LogP) is 2.34. The SMILES string of the molecule is CCNC(=O)N(CCCN1CCOCC1)Cc1ccc(OCC)cc1. The van der Waals surface area contributed by atoms with Crippen LogP contribution in [-0.4, -0.2) is 68.4 Å². The third-order valence-corrected chi connectivity index (χ3v) is 4.23. The number of hydrogen-bond acceptors (Lipinski definition) is 4. The smallest absolute Gasteiger partial charge is 0.317 e. The summed E-state index contributed by atoms with van der Waals surface area (Å²) in [6.07, 6.45) is 0.966. The van der Waals surface area contributed by atoms with Crippen molar-refractivity contribution in [2.45, 2.75) is 26.8 Å². The Balaban J connectivity index is 1.86. The summed E-state index contributed by atoms with van der Waals surface area (Å²) in [5, 5.41) is 2.91. The van der Waals surface area contributed by atoms with Crippen molar-refractivity contribution in [3.05, 3.63) is 29.8 Å². The molecular weight excluding hydrogens is 318 g/mol. The molecule has 6 nitrogen and oxygen atoms in total. The van der Waals surface area contributed by atoms with Gasteiger partial charge in [0.2, 0.25) is 0 Å². The number of urea groups is 1. The van der Waals surface area contributed by atoms with Gasteiger partial charge in [-0.15, -0.1) is 0 Å². The van der Waals surface area contributed by atoms with Crippen LogP contribution in [0.2, 0.25) is 0 Å². The van der Waals surface area contributed by atoms with Crippen LogP contribution in [-0.2, 0) is 11.3 Å². The molecule has 0 unspecified atom stereocenters. The fourth-order valence-corrected chi connectivity index (χ4v) is 2.90. The summed E-state index contributed by atoms with van der Waals surface area (Å²) in [5.41, 5.74) is 1.11. The van der Waals surface area contributed by atoms with Gasteiger partial charge < -0.3 is 19.7 Å². The molecule has 6 heteroatoms. The predicted molar refractivity (Wildman–Crippen MR) is 99.0 cm³/mol. The lowest BCUT2D eigenvalue weighted by Gasteiger charge is -2.28. The number of amides is 2. The first kappa shape index (κ1) is 19.5. The van der Waals surface area contributed by atoms with E-state index in [2.05, 4.69) is 10.2 Å². The van der Waals surface area contributed by atoms with E-state index in [1.165, 1.54) is 0 Å². The van der Waals surface area contributed by atoms with E-state index in [9.17, 15) is 4.79 Å². The molecule has 0 radical (unpaired) electrons. The zero-order valence-electron chi connectivity index (χ0n) is 15.5. The van der Waals surface area contributed by atoms with Gasteiger partial charge in [0.25, 0.3) is 0 Å². The number of carbonyl (C=O) groups excluding carboxylic acids is 1. The number of benzene rings is 1. The molecule has 2 amide bonds. The van der Waals surface area contributed by atoms with E-state index in [0.29, 0.717) is 19.7 Å². The van der Waals surface area contributed by atoms with Crippen LogP contribution in [0.1, 0.15) is 25.8 Å². The standard InChI is InChI=1S/C19H31N3O3/c1-3-20-19(23)22(11-5-10-21-12-14-24-15-13-21)16-17-6-8-18(9-7-17)25-4-2/h6-9H,3-5,10-16H2,1-2H3,(H,20,23). The molecule has 1 aliphatic rings. The summed E-state index contributed by atoms with van der Waals surface area (Å²) in [6.45, 7) is 11.2. The molecule has 2 rings (SSSR count). The van der Waals surface area contributed by atoms with E-state index in [4.69, 9.17) is 9.47 Å². The van der Waals surface area contributed by atoms with Gasteiger partial charge in [-0.05, 0) is 38.0 Å². The van der Waals surface area contributed by atoms with Crippen molar-refractivity contribution in [2.75, 3.05) is 52.5 Å². The molecule has 1 N–H and O–H groups in total. The second-order valence-electron chi connectivity index (χ2n) is 6.14. The van der Waals surface area contributed by atoms with Gasteiger partial charge in [-0.25, -0.2) is 4.79 Å². The normalized spacial score (nSPS) is 15.0. The Kier molecular flexibility index (Phi) is 8.55. The van der Waals surface area contributed by atoms with Crippen molar-refractivity contribution in [2.24, 2.45) is 0 Å². The van der Waals surface area contributed by atoms with E-state index in [-0.39, 0.29) is 6.03 Å². The van der Waals surface area contributed by atoms with Crippen LogP contribution >= 0.6 is 0 Å². The zero-order valence-corrected chi connectivity index (χ0v) is 15.5. The molecule has 0 spiro atoms. The third-order valence-electron chi connectivity index (χ3n) is 4.23. The lowest BCUT2D eigenvalue weighted by molar-refractivity contribution is 0.0364. The monoisotopic (exact) mass is 349 g/mol. The topological polar surface area (TPSA) is 54.0 Å². The molecule has 1 aromatic rings. The van der Waals surface area contributed by atoms with Crippen molar-refractivity contribution >= 4 is 6.03 Å². The molecule has 0 saturated carbocycles. The van der Waals surface area contributed by atoms with E-state index in [0.717, 1.165) is 57.1 Å². The number of rotatable bonds is 9. The maximum absolute atomic E-state index is 12.4. The van der Waals surface area contributed by atoms with Gasteiger partial charge in [-0.1, -0.05) is 12.1 Å². The number of nitrogens with one attached hydrogen (secondary N) is 1. The Labute approximate surface area is 151 Å². The lowest BCUT2D eigenvalue weighted by atomic mass is 10.2. The summed E-state index contributed by atoms with van der Waals surface area (Å²) in [6, 6.07) is 7.97. The average Bonchev–Trinajstić information content (AvgIpc) is 2.64. The molecule has 140 valence electrons. The molecule has 1 fully saturated rings. The van der Waals surface area contributed by atoms with Crippen molar-refractivity contribution < 1.29 is 14.3 Å². The second kappa shape index (κ2) is 10.9. The van der Waals surface area contributed by atoms with Crippen molar-refractivity contribution in [1.82, 2.24) is 15.1 Å². The molecule has 25 heavy (non-hydrogen) atoms. The maximum atomic E-state index is 12.4. The number of carbonyl (C=O) groups is 1. The molecule has 0 aliphatic carbocycles. The summed E-state index contributed by atoms with van der Waals surface area (Å²) in [5.74, 6) is 0.864. The fourth-order valence-electron chi connectivity index (χ4n) is 2.90. The Morgan fingerprint density at radius 3 is 2.60 bits per heavy atom. The van der Waals surface area contributed by atoms with E-state index >= 15 is 0 Å². The molecule has 1 aliphatic heterocycles. The molecule has 0 aromatic heterocycles. The molecule has 1 saturated heterocycles. The van der Waals surface area contributed by atoms with Gasteiger partial charge >= 0.3 is 6.03 Å². The van der Waals surface area contributed by atoms with Gasteiger partial charge in [-0.3, -0.25) is 4.90 Å². The summed E-state index contributed by atoms with van der Waals surface area (Å²) in [7, 11) is 0.